The molecule has 3 aromatic carbocycles. The summed E-state index contributed by atoms with van der Waals surface area (Å²) in [4.78, 5) is 24.6. The van der Waals surface area contributed by atoms with Crippen molar-refractivity contribution in [2.45, 2.75) is 4.90 Å². The molecule has 0 saturated heterocycles. The number of hydrogen-bond acceptors (Lipinski definition) is 8. The number of nitrogens with one attached hydrogen (secondary N) is 1. The van der Waals surface area contributed by atoms with Gasteiger partial charge in [-0.1, -0.05) is 30.3 Å². The number of benzene rings is 3. The molecule has 0 atom stereocenters. The highest BCUT2D eigenvalue weighted by Gasteiger charge is 2.23. The first kappa shape index (κ1) is 22.4. The molecule has 1 aromatic heterocycles. The maximum atomic E-state index is 13.0. The minimum Gasteiger partial charge on any atom is -0.452 e. The Balaban J connectivity index is 1.43. The second kappa shape index (κ2) is 9.35. The largest absolute Gasteiger partial charge is 0.452 e. The molecule has 0 spiro atoms. The van der Waals surface area contributed by atoms with Crippen LogP contribution in [0.2, 0.25) is 0 Å². The summed E-state index contributed by atoms with van der Waals surface area (Å²) in [7, 11) is -2.47. The molecule has 0 bridgehead atoms. The van der Waals surface area contributed by atoms with E-state index in [2.05, 4.69) is 14.1 Å². The van der Waals surface area contributed by atoms with Gasteiger partial charge in [0, 0.05) is 7.05 Å². The van der Waals surface area contributed by atoms with Gasteiger partial charge in [0.05, 0.1) is 33.6 Å². The third-order valence-electron chi connectivity index (χ3n) is 4.74. The molecule has 0 aliphatic carbocycles. The first-order valence-electron chi connectivity index (χ1n) is 9.68. The number of esters is 1. The number of rotatable bonds is 7. The summed E-state index contributed by atoms with van der Waals surface area (Å²) in [5.74, 6) is -1.38. The Labute approximate surface area is 194 Å². The van der Waals surface area contributed by atoms with Crippen molar-refractivity contribution in [3.05, 3.63) is 78.4 Å². The quantitative estimate of drug-likeness (QED) is 0.402. The molecule has 11 heteroatoms. The number of ether oxygens (including phenoxy) is 1. The van der Waals surface area contributed by atoms with Crippen molar-refractivity contribution in [2.75, 3.05) is 23.3 Å². The Bertz CT molecular complexity index is 1420. The first-order valence-corrected chi connectivity index (χ1v) is 11.9. The molecule has 4 aromatic rings. The molecule has 1 heterocycles. The fourth-order valence-electron chi connectivity index (χ4n) is 3.03. The van der Waals surface area contributed by atoms with E-state index in [1.807, 2.05) is 0 Å². The van der Waals surface area contributed by atoms with Gasteiger partial charge in [-0.3, -0.25) is 9.10 Å². The summed E-state index contributed by atoms with van der Waals surface area (Å²) in [5, 5.41) is 2.63. The van der Waals surface area contributed by atoms with E-state index < -0.39 is 28.5 Å². The number of carbonyl (C=O) groups excluding carboxylic acids is 2. The lowest BCUT2D eigenvalue weighted by molar-refractivity contribution is -0.119. The van der Waals surface area contributed by atoms with Crippen LogP contribution in [0.25, 0.3) is 11.0 Å². The predicted molar refractivity (Wildman–Crippen MR) is 125 cm³/mol. The second-order valence-electron chi connectivity index (χ2n) is 6.90. The van der Waals surface area contributed by atoms with Crippen LogP contribution < -0.4 is 9.62 Å². The predicted octanol–water partition coefficient (Wildman–Crippen LogP) is 3.31. The maximum Gasteiger partial charge on any atom is 0.338 e. The van der Waals surface area contributed by atoms with Crippen molar-refractivity contribution < 1.29 is 22.7 Å². The van der Waals surface area contributed by atoms with E-state index in [4.69, 9.17) is 4.74 Å². The number of hydrogen-bond donors (Lipinski definition) is 1. The molecule has 4 rings (SSSR count). The summed E-state index contributed by atoms with van der Waals surface area (Å²) in [6.07, 6.45) is 0. The van der Waals surface area contributed by atoms with Crippen LogP contribution in [-0.4, -0.2) is 42.7 Å². The van der Waals surface area contributed by atoms with Crippen molar-refractivity contribution >= 4 is 56.0 Å². The molecule has 1 N–H and O–H groups in total. The highest BCUT2D eigenvalue weighted by molar-refractivity contribution is 7.92. The van der Waals surface area contributed by atoms with Crippen molar-refractivity contribution in [1.29, 1.82) is 0 Å². The number of amides is 1. The van der Waals surface area contributed by atoms with E-state index in [0.717, 1.165) is 16.0 Å². The average molecular weight is 483 g/mol. The third-order valence-corrected chi connectivity index (χ3v) is 7.07. The molecule has 0 unspecified atom stereocenters. The Morgan fingerprint density at radius 2 is 1.76 bits per heavy atom. The number of anilines is 2. The van der Waals surface area contributed by atoms with Crippen molar-refractivity contribution in [3.8, 4) is 0 Å². The van der Waals surface area contributed by atoms with E-state index in [1.54, 1.807) is 48.5 Å². The molecule has 168 valence electrons. The highest BCUT2D eigenvalue weighted by Crippen LogP contribution is 2.23. The van der Waals surface area contributed by atoms with Crippen LogP contribution >= 0.6 is 11.7 Å². The molecule has 1 amide bonds. The van der Waals surface area contributed by atoms with Gasteiger partial charge in [0.15, 0.2) is 6.61 Å². The minimum atomic E-state index is -3.90. The van der Waals surface area contributed by atoms with Gasteiger partial charge in [0.1, 0.15) is 11.0 Å². The zero-order valence-corrected chi connectivity index (χ0v) is 19.0. The van der Waals surface area contributed by atoms with Crippen molar-refractivity contribution in [3.63, 3.8) is 0 Å². The highest BCUT2D eigenvalue weighted by atomic mass is 32.2. The van der Waals surface area contributed by atoms with Gasteiger partial charge in [-0.15, -0.1) is 0 Å². The normalized spacial score (nSPS) is 11.2. The summed E-state index contributed by atoms with van der Waals surface area (Å²) < 4.78 is 40.4. The minimum absolute atomic E-state index is 0.0103. The lowest BCUT2D eigenvalue weighted by Gasteiger charge is -2.19. The zero-order valence-electron chi connectivity index (χ0n) is 17.3. The van der Waals surface area contributed by atoms with Crippen molar-refractivity contribution in [1.82, 2.24) is 8.75 Å². The molecule has 0 radical (unpaired) electrons. The molecule has 9 nitrogen and oxygen atoms in total. The molecule has 0 saturated carbocycles. The van der Waals surface area contributed by atoms with Gasteiger partial charge in [0.2, 0.25) is 0 Å². The van der Waals surface area contributed by atoms with Crippen LogP contribution in [0.15, 0.2) is 77.7 Å². The lowest BCUT2D eigenvalue weighted by atomic mass is 10.2. The Hall–Kier alpha value is -3.83. The van der Waals surface area contributed by atoms with Crippen LogP contribution in [0.5, 0.6) is 0 Å². The molecular formula is C22H18N4O5S2. The topological polar surface area (TPSA) is 119 Å². The van der Waals surface area contributed by atoms with Gasteiger partial charge in [-0.05, 0) is 42.5 Å². The van der Waals surface area contributed by atoms with E-state index >= 15 is 0 Å². The standard InChI is InChI=1S/C22H18N4O5S2/c1-26(16-8-3-2-4-9-16)33(29,30)17-10-5-7-15(13-17)22(28)31-14-20(27)23-18-11-6-12-19-21(18)25-32-24-19/h2-13H,14H2,1H3,(H,23,27). The third kappa shape index (κ3) is 4.83. The number of carbonyl (C=O) groups is 2. The average Bonchev–Trinajstić information content (AvgIpc) is 3.33. The Kier molecular flexibility index (Phi) is 6.33. The van der Waals surface area contributed by atoms with Gasteiger partial charge in [-0.2, -0.15) is 8.75 Å². The monoisotopic (exact) mass is 482 g/mol. The van der Waals surface area contributed by atoms with E-state index in [0.29, 0.717) is 22.4 Å². The van der Waals surface area contributed by atoms with E-state index in [9.17, 15) is 18.0 Å². The number of para-hydroxylation sites is 1. The van der Waals surface area contributed by atoms with Crippen LogP contribution in [0.4, 0.5) is 11.4 Å². The zero-order chi connectivity index (χ0) is 23.4. The van der Waals surface area contributed by atoms with Gasteiger partial charge >= 0.3 is 5.97 Å². The molecule has 0 fully saturated rings. The maximum absolute atomic E-state index is 13.0. The molecular weight excluding hydrogens is 464 g/mol. The smallest absolute Gasteiger partial charge is 0.338 e. The SMILES string of the molecule is CN(c1ccccc1)S(=O)(=O)c1cccc(C(=O)OCC(=O)Nc2cccc3nsnc23)c1. The van der Waals surface area contributed by atoms with Gasteiger partial charge in [0.25, 0.3) is 15.9 Å². The first-order chi connectivity index (χ1) is 15.9. The molecule has 33 heavy (non-hydrogen) atoms. The second-order valence-corrected chi connectivity index (χ2v) is 9.40. The molecule has 0 aliphatic heterocycles. The summed E-state index contributed by atoms with van der Waals surface area (Å²) in [6, 6.07) is 19.2. The fourth-order valence-corrected chi connectivity index (χ4v) is 4.82. The number of nitrogens with zero attached hydrogens (tertiary/aromatic N) is 3. The number of sulfonamides is 1. The van der Waals surface area contributed by atoms with E-state index in [-0.39, 0.29) is 10.5 Å². The lowest BCUT2D eigenvalue weighted by Crippen LogP contribution is -2.26. The van der Waals surface area contributed by atoms with Crippen LogP contribution in [-0.2, 0) is 19.6 Å². The van der Waals surface area contributed by atoms with Gasteiger partial charge < -0.3 is 10.1 Å². The fraction of sp³-hybridized carbons (Fsp3) is 0.0909. The van der Waals surface area contributed by atoms with Crippen LogP contribution in [0, 0.1) is 0 Å². The summed E-state index contributed by atoms with van der Waals surface area (Å²) >= 11 is 1.02. The van der Waals surface area contributed by atoms with E-state index in [1.165, 1.54) is 31.3 Å². The van der Waals surface area contributed by atoms with Crippen LogP contribution in [0.1, 0.15) is 10.4 Å². The molecule has 0 aliphatic rings. The summed E-state index contributed by atoms with van der Waals surface area (Å²) in [6.45, 7) is -0.548. The number of fused-ring (bicyclic) bond motifs is 1. The summed E-state index contributed by atoms with van der Waals surface area (Å²) in [5.41, 5.74) is 2.14. The number of aromatic nitrogens is 2. The van der Waals surface area contributed by atoms with Crippen molar-refractivity contribution in [2.24, 2.45) is 0 Å². The van der Waals surface area contributed by atoms with Crippen LogP contribution in [0.3, 0.4) is 0 Å². The Morgan fingerprint density at radius 3 is 2.55 bits per heavy atom. The Morgan fingerprint density at radius 1 is 1.00 bits per heavy atom. The van der Waals surface area contributed by atoms with Gasteiger partial charge in [-0.25, -0.2) is 13.2 Å².